The molecular formula is C17H18N2O3S. The van der Waals surface area contributed by atoms with E-state index in [0.29, 0.717) is 6.61 Å². The van der Waals surface area contributed by atoms with Crippen molar-refractivity contribution < 1.29 is 14.3 Å². The van der Waals surface area contributed by atoms with Crippen molar-refractivity contribution in [3.05, 3.63) is 42.5 Å². The molecule has 1 amide bonds. The molecule has 0 bridgehead atoms. The molecule has 0 aliphatic carbocycles. The van der Waals surface area contributed by atoms with Gasteiger partial charge in [-0.2, -0.15) is 0 Å². The van der Waals surface area contributed by atoms with Crippen LogP contribution in [0.3, 0.4) is 0 Å². The Morgan fingerprint density at radius 2 is 1.83 bits per heavy atom. The zero-order chi connectivity index (χ0) is 16.7. The second-order valence-electron chi connectivity index (χ2n) is 4.87. The molecule has 0 unspecified atom stereocenters. The van der Waals surface area contributed by atoms with Crippen LogP contribution < -0.4 is 10.6 Å². The van der Waals surface area contributed by atoms with E-state index in [9.17, 15) is 9.59 Å². The van der Waals surface area contributed by atoms with Crippen LogP contribution in [-0.2, 0) is 14.3 Å². The second-order valence-corrected chi connectivity index (χ2v) is 5.28. The summed E-state index contributed by atoms with van der Waals surface area (Å²) in [5.74, 6) is -0.715. The number of thiocarbonyl (C=S) groups is 1. The first-order valence-corrected chi connectivity index (χ1v) is 7.74. The minimum absolute atomic E-state index is 0.0399. The van der Waals surface area contributed by atoms with Crippen molar-refractivity contribution in [2.45, 2.75) is 19.8 Å². The Bertz CT molecular complexity index is 731. The Morgan fingerprint density at radius 1 is 1.09 bits per heavy atom. The van der Waals surface area contributed by atoms with Crippen LogP contribution >= 0.6 is 12.2 Å². The maximum Gasteiger partial charge on any atom is 0.306 e. The number of carbonyl (C=O) groups is 2. The van der Waals surface area contributed by atoms with Crippen molar-refractivity contribution in [1.82, 2.24) is 5.32 Å². The lowest BCUT2D eigenvalue weighted by molar-refractivity contribution is -0.144. The van der Waals surface area contributed by atoms with E-state index in [-0.39, 0.29) is 23.9 Å². The summed E-state index contributed by atoms with van der Waals surface area (Å²) < 4.78 is 4.77. The Hall–Kier alpha value is -2.47. The van der Waals surface area contributed by atoms with Crippen LogP contribution in [-0.4, -0.2) is 23.6 Å². The van der Waals surface area contributed by atoms with Crippen molar-refractivity contribution in [3.8, 4) is 0 Å². The van der Waals surface area contributed by atoms with Gasteiger partial charge in [-0.15, -0.1) is 0 Å². The number of fused-ring (bicyclic) bond motifs is 1. The number of anilines is 1. The molecule has 23 heavy (non-hydrogen) atoms. The van der Waals surface area contributed by atoms with E-state index in [1.807, 2.05) is 42.5 Å². The summed E-state index contributed by atoms with van der Waals surface area (Å²) in [6.07, 6.45) is 0.0800. The summed E-state index contributed by atoms with van der Waals surface area (Å²) in [6.45, 7) is 2.03. The Balaban J connectivity index is 1.85. The van der Waals surface area contributed by atoms with Crippen LogP contribution in [0.1, 0.15) is 19.8 Å². The normalized spacial score (nSPS) is 10.1. The number of nitrogens with one attached hydrogen (secondary N) is 2. The molecule has 2 aromatic carbocycles. The van der Waals surface area contributed by atoms with E-state index in [1.54, 1.807) is 6.92 Å². The van der Waals surface area contributed by atoms with E-state index in [0.717, 1.165) is 16.5 Å². The van der Waals surface area contributed by atoms with Crippen LogP contribution in [0.25, 0.3) is 10.8 Å². The molecule has 2 rings (SSSR count). The van der Waals surface area contributed by atoms with Gasteiger partial charge in [-0.25, -0.2) is 0 Å². The zero-order valence-electron chi connectivity index (χ0n) is 12.8. The van der Waals surface area contributed by atoms with Crippen molar-refractivity contribution in [1.29, 1.82) is 0 Å². The molecule has 0 saturated carbocycles. The van der Waals surface area contributed by atoms with Gasteiger partial charge in [0.2, 0.25) is 5.91 Å². The SMILES string of the molecule is CCOC(=O)CCC(=O)NC(=S)Nc1ccc2ccccc2c1. The standard InChI is InChI=1S/C17H18N2O3S/c1-2-22-16(21)10-9-15(20)19-17(23)18-14-8-7-12-5-3-4-6-13(12)11-14/h3-8,11H,2,9-10H2,1H3,(H2,18,19,20,23). The Morgan fingerprint density at radius 3 is 2.57 bits per heavy atom. The van der Waals surface area contributed by atoms with Gasteiger partial charge in [-0.1, -0.05) is 30.3 Å². The van der Waals surface area contributed by atoms with Gasteiger partial charge in [0.05, 0.1) is 13.0 Å². The topological polar surface area (TPSA) is 67.4 Å². The van der Waals surface area contributed by atoms with E-state index >= 15 is 0 Å². The molecule has 0 heterocycles. The number of hydrogen-bond donors (Lipinski definition) is 2. The number of amides is 1. The first kappa shape index (κ1) is 16.9. The average Bonchev–Trinajstić information content (AvgIpc) is 2.53. The molecule has 0 spiro atoms. The van der Waals surface area contributed by atoms with E-state index < -0.39 is 5.97 Å². The van der Waals surface area contributed by atoms with Gasteiger partial charge >= 0.3 is 5.97 Å². The second kappa shape index (κ2) is 8.24. The fourth-order valence-electron chi connectivity index (χ4n) is 2.07. The summed E-state index contributed by atoms with van der Waals surface area (Å²) in [7, 11) is 0. The maximum atomic E-state index is 11.7. The number of carbonyl (C=O) groups excluding carboxylic acids is 2. The van der Waals surface area contributed by atoms with Crippen molar-refractivity contribution in [2.24, 2.45) is 0 Å². The summed E-state index contributed by atoms with van der Waals surface area (Å²) in [4.78, 5) is 22.9. The summed E-state index contributed by atoms with van der Waals surface area (Å²) in [5.41, 5.74) is 0.791. The lowest BCUT2D eigenvalue weighted by Gasteiger charge is -2.10. The minimum atomic E-state index is -0.393. The fraction of sp³-hybridized carbons (Fsp3) is 0.235. The third-order valence-electron chi connectivity index (χ3n) is 3.12. The van der Waals surface area contributed by atoms with Crippen LogP contribution in [0.4, 0.5) is 5.69 Å². The highest BCUT2D eigenvalue weighted by molar-refractivity contribution is 7.80. The van der Waals surface area contributed by atoms with Crippen molar-refractivity contribution in [2.75, 3.05) is 11.9 Å². The van der Waals surface area contributed by atoms with E-state index in [2.05, 4.69) is 10.6 Å². The first-order chi connectivity index (χ1) is 11.1. The van der Waals surface area contributed by atoms with E-state index in [1.165, 1.54) is 0 Å². The van der Waals surface area contributed by atoms with Gasteiger partial charge in [-0.05, 0) is 42.0 Å². The first-order valence-electron chi connectivity index (χ1n) is 7.33. The third-order valence-corrected chi connectivity index (χ3v) is 3.33. The number of ether oxygens (including phenoxy) is 1. The molecule has 0 atom stereocenters. The minimum Gasteiger partial charge on any atom is -0.466 e. The van der Waals surface area contributed by atoms with Gasteiger partial charge in [0.15, 0.2) is 5.11 Å². The molecular weight excluding hydrogens is 312 g/mol. The highest BCUT2D eigenvalue weighted by Crippen LogP contribution is 2.18. The summed E-state index contributed by atoms with van der Waals surface area (Å²) in [5, 5.41) is 7.92. The number of esters is 1. The van der Waals surface area contributed by atoms with Crippen molar-refractivity contribution >= 4 is 45.7 Å². The summed E-state index contributed by atoms with van der Waals surface area (Å²) >= 11 is 5.11. The predicted molar refractivity (Wildman–Crippen MR) is 94.2 cm³/mol. The molecule has 0 radical (unpaired) electrons. The quantitative estimate of drug-likeness (QED) is 0.652. The Labute approximate surface area is 140 Å². The van der Waals surface area contributed by atoms with Crippen LogP contribution in [0.5, 0.6) is 0 Å². The highest BCUT2D eigenvalue weighted by atomic mass is 32.1. The van der Waals surface area contributed by atoms with Crippen LogP contribution in [0, 0.1) is 0 Å². The third kappa shape index (κ3) is 5.34. The molecule has 0 aromatic heterocycles. The largest absolute Gasteiger partial charge is 0.466 e. The average molecular weight is 330 g/mol. The smallest absolute Gasteiger partial charge is 0.306 e. The molecule has 0 fully saturated rings. The number of benzene rings is 2. The van der Waals surface area contributed by atoms with Gasteiger partial charge < -0.3 is 15.4 Å². The molecule has 6 heteroatoms. The van der Waals surface area contributed by atoms with Gasteiger partial charge in [0.25, 0.3) is 0 Å². The maximum absolute atomic E-state index is 11.7. The van der Waals surface area contributed by atoms with Crippen LogP contribution in [0.2, 0.25) is 0 Å². The number of rotatable bonds is 5. The van der Waals surface area contributed by atoms with Gasteiger partial charge in [-0.3, -0.25) is 9.59 Å². The van der Waals surface area contributed by atoms with Gasteiger partial charge in [0, 0.05) is 12.1 Å². The summed E-state index contributed by atoms with van der Waals surface area (Å²) in [6, 6.07) is 13.8. The van der Waals surface area contributed by atoms with Gasteiger partial charge in [0.1, 0.15) is 0 Å². The highest BCUT2D eigenvalue weighted by Gasteiger charge is 2.09. The molecule has 0 aliphatic rings. The Kier molecular flexibility index (Phi) is 6.05. The van der Waals surface area contributed by atoms with Crippen molar-refractivity contribution in [3.63, 3.8) is 0 Å². The molecule has 0 saturated heterocycles. The van der Waals surface area contributed by atoms with E-state index in [4.69, 9.17) is 17.0 Å². The predicted octanol–water partition coefficient (Wildman–Crippen LogP) is 3.00. The van der Waals surface area contributed by atoms with Crippen LogP contribution in [0.15, 0.2) is 42.5 Å². The fourth-order valence-corrected chi connectivity index (χ4v) is 2.30. The zero-order valence-corrected chi connectivity index (χ0v) is 13.6. The molecule has 2 aromatic rings. The number of hydrogen-bond acceptors (Lipinski definition) is 4. The molecule has 2 N–H and O–H groups in total. The molecule has 5 nitrogen and oxygen atoms in total. The lowest BCUT2D eigenvalue weighted by Crippen LogP contribution is -2.34. The molecule has 120 valence electrons. The lowest BCUT2D eigenvalue weighted by atomic mass is 10.1. The molecule has 0 aliphatic heterocycles. The monoisotopic (exact) mass is 330 g/mol.